The summed E-state index contributed by atoms with van der Waals surface area (Å²) in [5, 5.41) is 3.45. The minimum Gasteiger partial charge on any atom is -0.307 e. The van der Waals surface area contributed by atoms with Crippen LogP contribution in [0.4, 0.5) is 4.20 Å². The summed E-state index contributed by atoms with van der Waals surface area (Å²) in [6.45, 7) is 9.72. The fraction of sp³-hybridized carbons (Fsp3) is 1.00. The Hall–Kier alpha value is 0.0400. The molecule has 0 saturated carbocycles. The molecule has 17 heavy (non-hydrogen) atoms. The minimum atomic E-state index is -4.40. The monoisotopic (exact) mass is 267 g/mol. The van der Waals surface area contributed by atoms with Crippen molar-refractivity contribution in [3.05, 3.63) is 0 Å². The van der Waals surface area contributed by atoms with Crippen molar-refractivity contribution in [2.75, 3.05) is 6.61 Å². The smallest absolute Gasteiger partial charge is 0.307 e. The first kappa shape index (κ1) is 15.1. The fourth-order valence-electron chi connectivity index (χ4n) is 2.67. The van der Waals surface area contributed by atoms with Crippen molar-refractivity contribution in [3.8, 4) is 0 Å². The number of rotatable bonds is 4. The van der Waals surface area contributed by atoms with Gasteiger partial charge in [-0.2, -0.15) is 0 Å². The van der Waals surface area contributed by atoms with Crippen LogP contribution < -0.4 is 5.32 Å². The maximum absolute atomic E-state index is 13.5. The lowest BCUT2D eigenvalue weighted by Gasteiger charge is -2.46. The van der Waals surface area contributed by atoms with Crippen molar-refractivity contribution in [1.82, 2.24) is 5.32 Å². The summed E-state index contributed by atoms with van der Waals surface area (Å²) in [4.78, 5) is 0. The molecule has 0 aromatic rings. The molecular weight excluding hydrogens is 244 g/mol. The van der Waals surface area contributed by atoms with E-state index in [4.69, 9.17) is 4.52 Å². The van der Waals surface area contributed by atoms with Gasteiger partial charge in [0.1, 0.15) is 0 Å². The van der Waals surface area contributed by atoms with Crippen molar-refractivity contribution < 1.29 is 17.8 Å². The summed E-state index contributed by atoms with van der Waals surface area (Å²) in [6.07, 6.45) is 0.832. The lowest BCUT2D eigenvalue weighted by atomic mass is 9.81. The van der Waals surface area contributed by atoms with E-state index in [1.165, 1.54) is 0 Å². The van der Waals surface area contributed by atoms with Crippen LogP contribution in [0.25, 0.3) is 0 Å². The predicted molar refractivity (Wildman–Crippen MR) is 65.7 cm³/mol. The number of hydrogen-bond donors (Lipinski definition) is 1. The summed E-state index contributed by atoms with van der Waals surface area (Å²) in [6, 6.07) is 0. The second-order valence-electron chi connectivity index (χ2n) is 5.88. The molecule has 1 N–H and O–H groups in total. The lowest BCUT2D eigenvalue weighted by Crippen LogP contribution is -2.59. The van der Waals surface area contributed by atoms with Gasteiger partial charge in [-0.3, -0.25) is 9.05 Å². The molecule has 0 aliphatic carbocycles. The summed E-state index contributed by atoms with van der Waals surface area (Å²) in [5.74, 6) is 0. The number of hydrogen-bond acceptors (Lipinski definition) is 4. The van der Waals surface area contributed by atoms with E-state index >= 15 is 0 Å². The van der Waals surface area contributed by atoms with Gasteiger partial charge in [0.2, 0.25) is 0 Å². The predicted octanol–water partition coefficient (Wildman–Crippen LogP) is 3.43. The highest BCUT2D eigenvalue weighted by molar-refractivity contribution is 7.48. The lowest BCUT2D eigenvalue weighted by molar-refractivity contribution is 0.0349. The highest BCUT2D eigenvalue weighted by Crippen LogP contribution is 2.52. The Morgan fingerprint density at radius 1 is 1.29 bits per heavy atom. The average Bonchev–Trinajstić information content (AvgIpc) is 1.94. The van der Waals surface area contributed by atoms with Gasteiger partial charge in [0.15, 0.2) is 0 Å². The minimum absolute atomic E-state index is 0.0472. The van der Waals surface area contributed by atoms with E-state index in [0.717, 1.165) is 0 Å². The van der Waals surface area contributed by atoms with E-state index in [-0.39, 0.29) is 23.8 Å². The molecular formula is C11H23FNO3P. The van der Waals surface area contributed by atoms with E-state index in [1.807, 2.05) is 27.7 Å². The first-order valence-electron chi connectivity index (χ1n) is 5.97. The van der Waals surface area contributed by atoms with Gasteiger partial charge in [0.25, 0.3) is 0 Å². The average molecular weight is 267 g/mol. The Kier molecular flexibility index (Phi) is 4.41. The third kappa shape index (κ3) is 5.04. The van der Waals surface area contributed by atoms with Gasteiger partial charge in [-0.1, -0.05) is 0 Å². The first-order valence-corrected chi connectivity index (χ1v) is 7.41. The van der Waals surface area contributed by atoms with Crippen LogP contribution in [-0.2, 0) is 13.6 Å². The van der Waals surface area contributed by atoms with Gasteiger partial charge in [0.05, 0.1) is 12.7 Å². The van der Waals surface area contributed by atoms with Crippen LogP contribution in [0, 0.1) is 0 Å². The highest BCUT2D eigenvalue weighted by atomic mass is 31.2. The molecule has 4 nitrogen and oxygen atoms in total. The Morgan fingerprint density at radius 3 is 2.18 bits per heavy atom. The van der Waals surface area contributed by atoms with Crippen LogP contribution in [0.1, 0.15) is 47.5 Å². The molecule has 1 heterocycles. The molecule has 1 unspecified atom stereocenters. The van der Waals surface area contributed by atoms with Crippen LogP contribution in [-0.4, -0.2) is 23.8 Å². The van der Waals surface area contributed by atoms with E-state index in [2.05, 4.69) is 9.84 Å². The Morgan fingerprint density at radius 2 is 1.76 bits per heavy atom. The van der Waals surface area contributed by atoms with Gasteiger partial charge in [-0.25, -0.2) is 4.57 Å². The van der Waals surface area contributed by atoms with Crippen LogP contribution >= 0.6 is 7.91 Å². The third-order valence-electron chi connectivity index (χ3n) is 2.71. The normalized spacial score (nSPS) is 27.6. The van der Waals surface area contributed by atoms with Gasteiger partial charge < -0.3 is 5.32 Å². The van der Waals surface area contributed by atoms with Gasteiger partial charge in [-0.05, 0) is 47.5 Å². The quantitative estimate of drug-likeness (QED) is 0.793. The largest absolute Gasteiger partial charge is 0.513 e. The highest BCUT2D eigenvalue weighted by Gasteiger charge is 2.41. The molecule has 0 spiro atoms. The second kappa shape index (κ2) is 4.96. The topological polar surface area (TPSA) is 47.6 Å². The first-order chi connectivity index (χ1) is 7.55. The molecule has 1 fully saturated rings. The fourth-order valence-corrected chi connectivity index (χ4v) is 3.54. The van der Waals surface area contributed by atoms with Crippen LogP contribution in [0.2, 0.25) is 0 Å². The Labute approximate surface area is 103 Å². The zero-order chi connectivity index (χ0) is 13.3. The van der Waals surface area contributed by atoms with Crippen LogP contribution in [0.3, 0.4) is 0 Å². The van der Waals surface area contributed by atoms with Gasteiger partial charge in [-0.15, -0.1) is 4.20 Å². The molecule has 6 heteroatoms. The van der Waals surface area contributed by atoms with E-state index < -0.39 is 7.91 Å². The molecule has 0 aromatic carbocycles. The number of nitrogens with one attached hydrogen (secondary N) is 1. The van der Waals surface area contributed by atoms with Gasteiger partial charge in [0, 0.05) is 11.1 Å². The van der Waals surface area contributed by atoms with Crippen molar-refractivity contribution in [2.24, 2.45) is 0 Å². The third-order valence-corrected chi connectivity index (χ3v) is 3.83. The zero-order valence-electron chi connectivity index (χ0n) is 11.2. The number of halogens is 1. The van der Waals surface area contributed by atoms with Crippen molar-refractivity contribution in [2.45, 2.75) is 64.6 Å². The van der Waals surface area contributed by atoms with Crippen molar-refractivity contribution >= 4 is 7.91 Å². The van der Waals surface area contributed by atoms with Crippen LogP contribution in [0.5, 0.6) is 0 Å². The zero-order valence-corrected chi connectivity index (χ0v) is 12.1. The molecule has 1 aliphatic heterocycles. The molecule has 0 radical (unpaired) electrons. The standard InChI is InChI=1S/C11H23FNO3P/c1-6-15-17(12,14)16-9-7-10(2,3)13-11(4,5)8-9/h9,13H,6-8H2,1-5H3. The van der Waals surface area contributed by atoms with E-state index in [1.54, 1.807) is 6.92 Å². The maximum Gasteiger partial charge on any atom is 0.513 e. The molecule has 1 saturated heterocycles. The SMILES string of the molecule is CCOP(=O)(F)OC1CC(C)(C)NC(C)(C)C1. The molecule has 102 valence electrons. The molecule has 1 rings (SSSR count). The molecule has 1 aliphatic rings. The summed E-state index contributed by atoms with van der Waals surface area (Å²) in [7, 11) is -4.40. The number of piperidine rings is 1. The summed E-state index contributed by atoms with van der Waals surface area (Å²) >= 11 is 0. The van der Waals surface area contributed by atoms with Crippen molar-refractivity contribution in [1.29, 1.82) is 0 Å². The van der Waals surface area contributed by atoms with Gasteiger partial charge >= 0.3 is 7.91 Å². The summed E-state index contributed by atoms with van der Waals surface area (Å²) < 4.78 is 34.4. The Balaban J connectivity index is 2.69. The molecule has 1 atom stereocenters. The maximum atomic E-state index is 13.5. The molecule has 0 amide bonds. The molecule has 0 bridgehead atoms. The summed E-state index contributed by atoms with van der Waals surface area (Å²) in [5.41, 5.74) is -0.336. The second-order valence-corrected chi connectivity index (χ2v) is 7.21. The molecule has 0 aromatic heterocycles. The van der Waals surface area contributed by atoms with E-state index in [9.17, 15) is 8.76 Å². The van der Waals surface area contributed by atoms with Crippen LogP contribution in [0.15, 0.2) is 0 Å². The van der Waals surface area contributed by atoms with Crippen molar-refractivity contribution in [3.63, 3.8) is 0 Å². The van der Waals surface area contributed by atoms with E-state index in [0.29, 0.717) is 12.8 Å². The Bertz CT molecular complexity index is 304.